The number of hydrogen-bond donors (Lipinski definition) is 2. The Morgan fingerprint density at radius 2 is 1.17 bits per heavy atom. The highest BCUT2D eigenvalue weighted by Crippen LogP contribution is 2.30. The van der Waals surface area contributed by atoms with E-state index in [-0.39, 0.29) is 10.6 Å². The van der Waals surface area contributed by atoms with Crippen LogP contribution in [0.3, 0.4) is 0 Å². The summed E-state index contributed by atoms with van der Waals surface area (Å²) in [6.07, 6.45) is 1.40. The van der Waals surface area contributed by atoms with Crippen LogP contribution in [0, 0.1) is 0 Å². The summed E-state index contributed by atoms with van der Waals surface area (Å²) >= 11 is 1.57. The van der Waals surface area contributed by atoms with Gasteiger partial charge in [-0.05, 0) is 60.7 Å². The molecule has 0 aliphatic carbocycles. The van der Waals surface area contributed by atoms with Gasteiger partial charge in [0.1, 0.15) is 12.1 Å². The molecule has 150 valence electrons. The topological polar surface area (TPSA) is 113 Å². The zero-order valence-electron chi connectivity index (χ0n) is 15.4. The number of aromatic hydroxyl groups is 1. The first kappa shape index (κ1) is 20.0. The number of rotatable bonds is 5. The zero-order valence-corrected chi connectivity index (χ0v) is 17.0. The van der Waals surface area contributed by atoms with Gasteiger partial charge in [0.15, 0.2) is 11.6 Å². The monoisotopic (exact) mass is 437 g/mol. The zero-order chi connectivity index (χ0) is 21.1. The maximum Gasteiger partial charge on any atom is 0.294 e. The molecule has 1 heterocycles. The van der Waals surface area contributed by atoms with E-state index in [0.29, 0.717) is 17.2 Å². The second-order valence-electron chi connectivity index (χ2n) is 6.25. The van der Waals surface area contributed by atoms with E-state index in [2.05, 4.69) is 15.0 Å². The fraction of sp³-hybridized carbons (Fsp3) is 0. The standard InChI is InChI=1S/C21H15N3O4S2/c25-16-5-9-18(10-6-16)29-17-7-1-14(2-8-17)20-22-13-23-21(24-20)15-3-11-19(12-4-15)30(26,27)28/h1-13,25H,(H,26,27,28). The van der Waals surface area contributed by atoms with Gasteiger partial charge in [0.2, 0.25) is 0 Å². The fourth-order valence-corrected chi connectivity index (χ4v) is 3.97. The van der Waals surface area contributed by atoms with E-state index in [1.807, 2.05) is 36.4 Å². The first-order valence-corrected chi connectivity index (χ1v) is 11.0. The quantitative estimate of drug-likeness (QED) is 0.444. The van der Waals surface area contributed by atoms with E-state index >= 15 is 0 Å². The van der Waals surface area contributed by atoms with Crippen LogP contribution in [0.2, 0.25) is 0 Å². The van der Waals surface area contributed by atoms with Crippen molar-refractivity contribution in [3.05, 3.63) is 79.1 Å². The third-order valence-corrected chi connectivity index (χ3v) is 6.05. The van der Waals surface area contributed by atoms with Crippen molar-refractivity contribution < 1.29 is 18.1 Å². The van der Waals surface area contributed by atoms with Gasteiger partial charge >= 0.3 is 0 Å². The maximum absolute atomic E-state index is 11.2. The third-order valence-electron chi connectivity index (χ3n) is 4.17. The maximum atomic E-state index is 11.2. The lowest BCUT2D eigenvalue weighted by Crippen LogP contribution is -1.98. The molecule has 4 rings (SSSR count). The predicted octanol–water partition coefficient (Wildman–Crippen LogP) is 4.31. The average molecular weight is 438 g/mol. The Kier molecular flexibility index (Phi) is 5.49. The van der Waals surface area contributed by atoms with Crippen molar-refractivity contribution in [3.63, 3.8) is 0 Å². The molecule has 0 saturated carbocycles. The summed E-state index contributed by atoms with van der Waals surface area (Å²) in [5, 5.41) is 9.37. The Bertz CT molecular complexity index is 1280. The Morgan fingerprint density at radius 3 is 1.67 bits per heavy atom. The minimum Gasteiger partial charge on any atom is -0.508 e. The Hall–Kier alpha value is -3.27. The SMILES string of the molecule is O=S(=O)(O)c1ccc(-c2ncnc(-c3ccc(Sc4ccc(O)cc4)cc3)n2)cc1. The van der Waals surface area contributed by atoms with Crippen LogP contribution in [-0.2, 0) is 10.1 Å². The molecule has 0 fully saturated rings. The van der Waals surface area contributed by atoms with Crippen LogP contribution in [0.4, 0.5) is 0 Å². The van der Waals surface area contributed by atoms with Crippen molar-refractivity contribution in [1.82, 2.24) is 15.0 Å². The van der Waals surface area contributed by atoms with Gasteiger partial charge in [-0.25, -0.2) is 15.0 Å². The number of aromatic nitrogens is 3. The van der Waals surface area contributed by atoms with Gasteiger partial charge in [0.05, 0.1) is 4.90 Å². The molecule has 9 heteroatoms. The van der Waals surface area contributed by atoms with E-state index in [4.69, 9.17) is 4.55 Å². The highest BCUT2D eigenvalue weighted by molar-refractivity contribution is 7.99. The predicted molar refractivity (Wildman–Crippen MR) is 113 cm³/mol. The summed E-state index contributed by atoms with van der Waals surface area (Å²) in [6, 6.07) is 20.4. The van der Waals surface area contributed by atoms with Gasteiger partial charge in [-0.3, -0.25) is 4.55 Å². The molecule has 4 aromatic rings. The van der Waals surface area contributed by atoms with Crippen LogP contribution in [0.15, 0.2) is 93.8 Å². The summed E-state index contributed by atoms with van der Waals surface area (Å²) in [6.45, 7) is 0. The smallest absolute Gasteiger partial charge is 0.294 e. The molecule has 7 nitrogen and oxygen atoms in total. The number of nitrogens with zero attached hydrogens (tertiary/aromatic N) is 3. The highest BCUT2D eigenvalue weighted by Gasteiger charge is 2.11. The van der Waals surface area contributed by atoms with E-state index in [1.165, 1.54) is 30.6 Å². The Balaban J connectivity index is 1.55. The van der Waals surface area contributed by atoms with Gasteiger partial charge in [0.25, 0.3) is 10.1 Å². The van der Waals surface area contributed by atoms with Crippen molar-refractivity contribution in [2.24, 2.45) is 0 Å². The summed E-state index contributed by atoms with van der Waals surface area (Å²) in [7, 11) is -4.25. The second kappa shape index (κ2) is 8.23. The molecule has 30 heavy (non-hydrogen) atoms. The van der Waals surface area contributed by atoms with E-state index in [0.717, 1.165) is 15.4 Å². The summed E-state index contributed by atoms with van der Waals surface area (Å²) in [4.78, 5) is 14.7. The Morgan fingerprint density at radius 1 is 0.700 bits per heavy atom. The van der Waals surface area contributed by atoms with Crippen LogP contribution in [-0.4, -0.2) is 33.0 Å². The molecule has 0 aliphatic rings. The summed E-state index contributed by atoms with van der Waals surface area (Å²) in [5.41, 5.74) is 1.41. The Labute approximate surface area is 177 Å². The van der Waals surface area contributed by atoms with E-state index < -0.39 is 10.1 Å². The molecule has 3 aromatic carbocycles. The van der Waals surface area contributed by atoms with Crippen molar-refractivity contribution in [2.75, 3.05) is 0 Å². The molecule has 1 aromatic heterocycles. The van der Waals surface area contributed by atoms with Crippen LogP contribution in [0.1, 0.15) is 0 Å². The van der Waals surface area contributed by atoms with Crippen LogP contribution in [0.25, 0.3) is 22.8 Å². The van der Waals surface area contributed by atoms with Crippen molar-refractivity contribution in [2.45, 2.75) is 14.7 Å². The van der Waals surface area contributed by atoms with Gasteiger partial charge in [-0.15, -0.1) is 0 Å². The lowest BCUT2D eigenvalue weighted by molar-refractivity contribution is 0.474. The average Bonchev–Trinajstić information content (AvgIpc) is 2.75. The summed E-state index contributed by atoms with van der Waals surface area (Å²) in [5.74, 6) is 1.11. The molecule has 0 radical (unpaired) electrons. The fourth-order valence-electron chi connectivity index (χ4n) is 2.67. The van der Waals surface area contributed by atoms with Crippen molar-refractivity contribution in [3.8, 4) is 28.5 Å². The number of hydrogen-bond acceptors (Lipinski definition) is 7. The first-order chi connectivity index (χ1) is 14.4. The van der Waals surface area contributed by atoms with Crippen molar-refractivity contribution in [1.29, 1.82) is 0 Å². The summed E-state index contributed by atoms with van der Waals surface area (Å²) < 4.78 is 31.4. The highest BCUT2D eigenvalue weighted by atomic mass is 32.2. The molecule has 2 N–H and O–H groups in total. The normalized spacial score (nSPS) is 11.4. The van der Waals surface area contributed by atoms with E-state index in [9.17, 15) is 13.5 Å². The molecule has 0 saturated heterocycles. The van der Waals surface area contributed by atoms with Gasteiger partial charge in [-0.1, -0.05) is 23.9 Å². The molecule has 0 aliphatic heterocycles. The minimum absolute atomic E-state index is 0.192. The number of phenolic OH excluding ortho intramolecular Hbond substituents is 1. The largest absolute Gasteiger partial charge is 0.508 e. The van der Waals surface area contributed by atoms with Crippen molar-refractivity contribution >= 4 is 21.9 Å². The van der Waals surface area contributed by atoms with E-state index in [1.54, 1.807) is 23.9 Å². The number of benzene rings is 3. The second-order valence-corrected chi connectivity index (χ2v) is 8.82. The lowest BCUT2D eigenvalue weighted by atomic mass is 10.2. The van der Waals surface area contributed by atoms with Gasteiger partial charge in [0, 0.05) is 20.9 Å². The molecular formula is C21H15N3O4S2. The molecule has 0 atom stereocenters. The number of phenols is 1. The molecular weight excluding hydrogens is 422 g/mol. The first-order valence-electron chi connectivity index (χ1n) is 8.73. The third kappa shape index (κ3) is 4.65. The van der Waals surface area contributed by atoms with Crippen LogP contribution >= 0.6 is 11.8 Å². The molecule has 0 spiro atoms. The molecule has 0 unspecified atom stereocenters. The van der Waals surface area contributed by atoms with Gasteiger partial charge in [-0.2, -0.15) is 8.42 Å². The molecule has 0 amide bonds. The lowest BCUT2D eigenvalue weighted by Gasteiger charge is -2.06. The van der Waals surface area contributed by atoms with Crippen LogP contribution in [0.5, 0.6) is 5.75 Å². The molecule has 0 bridgehead atoms. The minimum atomic E-state index is -4.25. The van der Waals surface area contributed by atoms with Gasteiger partial charge < -0.3 is 5.11 Å². The van der Waals surface area contributed by atoms with Crippen LogP contribution < -0.4 is 0 Å².